The van der Waals surface area contributed by atoms with Gasteiger partial charge in [-0.05, 0) is 32.9 Å². The van der Waals surface area contributed by atoms with E-state index in [1.807, 2.05) is 4.90 Å². The Kier molecular flexibility index (Phi) is 3.57. The lowest BCUT2D eigenvalue weighted by atomic mass is 10.0. The first kappa shape index (κ1) is 13.3. The molecule has 0 amide bonds. The van der Waals surface area contributed by atoms with E-state index in [0.717, 1.165) is 32.2 Å². The van der Waals surface area contributed by atoms with Gasteiger partial charge in [0.2, 0.25) is 0 Å². The Hall–Kier alpha value is -1.16. The lowest BCUT2D eigenvalue weighted by molar-refractivity contribution is 0.128. The molecule has 1 fully saturated rings. The minimum absolute atomic E-state index is 0.146. The highest BCUT2D eigenvalue weighted by Crippen LogP contribution is 2.23. The fourth-order valence-corrected chi connectivity index (χ4v) is 2.36. The molecule has 1 saturated heterocycles. The van der Waals surface area contributed by atoms with Crippen LogP contribution in [0.25, 0.3) is 0 Å². The molecule has 2 rings (SSSR count). The van der Waals surface area contributed by atoms with Crippen LogP contribution in [-0.2, 0) is 0 Å². The second-order valence-electron chi connectivity index (χ2n) is 5.74. The summed E-state index contributed by atoms with van der Waals surface area (Å²) in [5.41, 5.74) is 0.651. The summed E-state index contributed by atoms with van der Waals surface area (Å²) in [5.74, 6) is -0.996. The van der Waals surface area contributed by atoms with Crippen LogP contribution in [0.3, 0.4) is 0 Å². The number of halogens is 2. The summed E-state index contributed by atoms with van der Waals surface area (Å²) in [7, 11) is 0. The SMILES string of the molecule is CC(C)(C)N1CCN(c2ccc(F)cc2F)CC1. The van der Waals surface area contributed by atoms with Crippen molar-refractivity contribution in [3.63, 3.8) is 0 Å². The maximum absolute atomic E-state index is 13.7. The molecule has 0 radical (unpaired) electrons. The van der Waals surface area contributed by atoms with Crippen molar-refractivity contribution in [3.05, 3.63) is 29.8 Å². The first-order chi connectivity index (χ1) is 8.38. The zero-order valence-corrected chi connectivity index (χ0v) is 11.2. The molecule has 0 unspecified atom stereocenters. The van der Waals surface area contributed by atoms with Crippen molar-refractivity contribution in [1.29, 1.82) is 0 Å². The van der Waals surface area contributed by atoms with Gasteiger partial charge in [0.15, 0.2) is 0 Å². The standard InChI is InChI=1S/C14H20F2N2/c1-14(2,3)18-8-6-17(7-9-18)13-5-4-11(15)10-12(13)16/h4-5,10H,6-9H2,1-3H3. The predicted octanol–water partition coefficient (Wildman–Crippen LogP) is 2.89. The van der Waals surface area contributed by atoms with Crippen LogP contribution < -0.4 is 4.90 Å². The van der Waals surface area contributed by atoms with Gasteiger partial charge in [-0.1, -0.05) is 0 Å². The van der Waals surface area contributed by atoms with E-state index in [1.165, 1.54) is 12.1 Å². The second-order valence-corrected chi connectivity index (χ2v) is 5.74. The van der Waals surface area contributed by atoms with Gasteiger partial charge in [-0.2, -0.15) is 0 Å². The topological polar surface area (TPSA) is 6.48 Å². The van der Waals surface area contributed by atoms with Crippen LogP contribution in [0.5, 0.6) is 0 Å². The Morgan fingerprint density at radius 1 is 1.00 bits per heavy atom. The molecular formula is C14H20F2N2. The Balaban J connectivity index is 2.06. The summed E-state index contributed by atoms with van der Waals surface area (Å²) >= 11 is 0. The van der Waals surface area contributed by atoms with Crippen molar-refractivity contribution < 1.29 is 8.78 Å². The number of anilines is 1. The summed E-state index contributed by atoms with van der Waals surface area (Å²) in [6.45, 7) is 9.91. The van der Waals surface area contributed by atoms with Crippen molar-refractivity contribution in [3.8, 4) is 0 Å². The predicted molar refractivity (Wildman–Crippen MR) is 69.9 cm³/mol. The van der Waals surface area contributed by atoms with Crippen LogP contribution in [0.15, 0.2) is 18.2 Å². The van der Waals surface area contributed by atoms with Crippen LogP contribution in [0.4, 0.5) is 14.5 Å². The van der Waals surface area contributed by atoms with Crippen molar-refractivity contribution in [1.82, 2.24) is 4.90 Å². The van der Waals surface area contributed by atoms with Gasteiger partial charge in [0.1, 0.15) is 11.6 Å². The van der Waals surface area contributed by atoms with E-state index in [-0.39, 0.29) is 5.54 Å². The molecule has 1 aliphatic rings. The highest BCUT2D eigenvalue weighted by atomic mass is 19.1. The molecule has 0 bridgehead atoms. The third-order valence-electron chi connectivity index (χ3n) is 3.48. The largest absolute Gasteiger partial charge is 0.367 e. The third-order valence-corrected chi connectivity index (χ3v) is 3.48. The molecule has 1 heterocycles. The summed E-state index contributed by atoms with van der Waals surface area (Å²) in [6.07, 6.45) is 0. The number of rotatable bonds is 1. The number of piperazine rings is 1. The minimum Gasteiger partial charge on any atom is -0.367 e. The van der Waals surface area contributed by atoms with Gasteiger partial charge in [-0.25, -0.2) is 8.78 Å². The Morgan fingerprint density at radius 2 is 1.61 bits per heavy atom. The molecule has 4 heteroatoms. The fraction of sp³-hybridized carbons (Fsp3) is 0.571. The van der Waals surface area contributed by atoms with Crippen molar-refractivity contribution in [2.24, 2.45) is 0 Å². The maximum Gasteiger partial charge on any atom is 0.149 e. The van der Waals surface area contributed by atoms with Gasteiger partial charge < -0.3 is 4.90 Å². The molecular weight excluding hydrogens is 234 g/mol. The van der Waals surface area contributed by atoms with Crippen LogP contribution in [0.2, 0.25) is 0 Å². The van der Waals surface area contributed by atoms with Crippen LogP contribution in [-0.4, -0.2) is 36.6 Å². The third kappa shape index (κ3) is 2.80. The van der Waals surface area contributed by atoms with E-state index in [0.29, 0.717) is 5.69 Å². The van der Waals surface area contributed by atoms with Gasteiger partial charge in [-0.3, -0.25) is 4.90 Å². The molecule has 1 aromatic rings. The average Bonchev–Trinajstić information content (AvgIpc) is 2.28. The first-order valence-corrected chi connectivity index (χ1v) is 6.33. The van der Waals surface area contributed by atoms with Crippen molar-refractivity contribution in [2.75, 3.05) is 31.1 Å². The fourth-order valence-electron chi connectivity index (χ4n) is 2.36. The number of nitrogens with zero attached hydrogens (tertiary/aromatic N) is 2. The molecule has 0 spiro atoms. The number of hydrogen-bond acceptors (Lipinski definition) is 2. The highest BCUT2D eigenvalue weighted by molar-refractivity contribution is 5.48. The van der Waals surface area contributed by atoms with Crippen LogP contribution >= 0.6 is 0 Å². The van der Waals surface area contributed by atoms with Gasteiger partial charge in [0.05, 0.1) is 5.69 Å². The zero-order chi connectivity index (χ0) is 13.3. The molecule has 0 atom stereocenters. The molecule has 0 saturated carbocycles. The molecule has 0 aliphatic carbocycles. The Morgan fingerprint density at radius 3 is 2.11 bits per heavy atom. The molecule has 18 heavy (non-hydrogen) atoms. The summed E-state index contributed by atoms with van der Waals surface area (Å²) < 4.78 is 26.5. The molecule has 100 valence electrons. The van der Waals surface area contributed by atoms with E-state index in [1.54, 1.807) is 0 Å². The van der Waals surface area contributed by atoms with Gasteiger partial charge in [0.25, 0.3) is 0 Å². The van der Waals surface area contributed by atoms with E-state index in [4.69, 9.17) is 0 Å². The van der Waals surface area contributed by atoms with Crippen LogP contribution in [0.1, 0.15) is 20.8 Å². The summed E-state index contributed by atoms with van der Waals surface area (Å²) in [4.78, 5) is 4.36. The minimum atomic E-state index is -0.524. The average molecular weight is 254 g/mol. The van der Waals surface area contributed by atoms with E-state index < -0.39 is 11.6 Å². The number of hydrogen-bond donors (Lipinski definition) is 0. The molecule has 1 aliphatic heterocycles. The molecule has 2 nitrogen and oxygen atoms in total. The maximum atomic E-state index is 13.7. The van der Waals surface area contributed by atoms with Gasteiger partial charge in [-0.15, -0.1) is 0 Å². The van der Waals surface area contributed by atoms with E-state index >= 15 is 0 Å². The normalized spacial score (nSPS) is 18.2. The number of benzene rings is 1. The summed E-state index contributed by atoms with van der Waals surface area (Å²) in [6, 6.07) is 3.79. The lowest BCUT2D eigenvalue weighted by Crippen LogP contribution is -2.53. The smallest absolute Gasteiger partial charge is 0.149 e. The second kappa shape index (κ2) is 4.84. The lowest BCUT2D eigenvalue weighted by Gasteiger charge is -2.43. The molecule has 1 aromatic carbocycles. The Bertz CT molecular complexity index is 418. The quantitative estimate of drug-likeness (QED) is 0.760. The zero-order valence-electron chi connectivity index (χ0n) is 11.2. The molecule has 0 aromatic heterocycles. The van der Waals surface area contributed by atoms with E-state index in [9.17, 15) is 8.78 Å². The van der Waals surface area contributed by atoms with Gasteiger partial charge in [0, 0.05) is 37.8 Å². The van der Waals surface area contributed by atoms with E-state index in [2.05, 4.69) is 25.7 Å². The van der Waals surface area contributed by atoms with Crippen molar-refractivity contribution in [2.45, 2.75) is 26.3 Å². The monoisotopic (exact) mass is 254 g/mol. The first-order valence-electron chi connectivity index (χ1n) is 6.33. The summed E-state index contributed by atoms with van der Waals surface area (Å²) in [5, 5.41) is 0. The molecule has 0 N–H and O–H groups in total. The van der Waals surface area contributed by atoms with Crippen molar-refractivity contribution >= 4 is 5.69 Å². The Labute approximate surface area is 107 Å². The highest BCUT2D eigenvalue weighted by Gasteiger charge is 2.26. The van der Waals surface area contributed by atoms with Crippen LogP contribution in [0, 0.1) is 11.6 Å². The van der Waals surface area contributed by atoms with Gasteiger partial charge >= 0.3 is 0 Å².